The van der Waals surface area contributed by atoms with E-state index in [1.807, 2.05) is 19.1 Å². The lowest BCUT2D eigenvalue weighted by molar-refractivity contribution is 1.23. The molecule has 0 atom stereocenters. The number of nitrogens with zero attached hydrogens (tertiary/aromatic N) is 1. The van der Waals surface area contributed by atoms with E-state index in [2.05, 4.69) is 4.98 Å². The number of hydrogen-bond donors (Lipinski definition) is 0. The molecule has 0 aliphatic carbocycles. The van der Waals surface area contributed by atoms with Gasteiger partial charge in [-0.3, -0.25) is 0 Å². The highest BCUT2D eigenvalue weighted by Crippen LogP contribution is 1.84. The molecule has 0 radical (unpaired) electrons. The van der Waals surface area contributed by atoms with Crippen LogP contribution in [0.25, 0.3) is 0 Å². The summed E-state index contributed by atoms with van der Waals surface area (Å²) in [5.74, 6) is 0. The molecule has 1 aromatic heterocycles. The van der Waals surface area contributed by atoms with E-state index in [1.54, 1.807) is 6.20 Å². The van der Waals surface area contributed by atoms with E-state index < -0.39 is 0 Å². The van der Waals surface area contributed by atoms with Gasteiger partial charge in [-0.25, -0.2) is 0 Å². The first kappa shape index (κ1) is 3.47. The second-order valence-corrected chi connectivity index (χ2v) is 1.28. The van der Waals surface area contributed by atoms with Crippen LogP contribution in [0.15, 0.2) is 18.3 Å². The Morgan fingerprint density at radius 1 is 1.67 bits per heavy atom. The van der Waals surface area contributed by atoms with Crippen molar-refractivity contribution in [3.63, 3.8) is 0 Å². The van der Waals surface area contributed by atoms with Crippen molar-refractivity contribution in [1.29, 1.82) is 0 Å². The van der Waals surface area contributed by atoms with E-state index in [0.717, 1.165) is 5.69 Å². The molecule has 1 heteroatoms. The first-order valence-corrected chi connectivity index (χ1v) is 1.94. The zero-order valence-electron chi connectivity index (χ0n) is 3.68. The fourth-order valence-electron chi connectivity index (χ4n) is 0.386. The van der Waals surface area contributed by atoms with Crippen molar-refractivity contribution in [1.82, 2.24) is 4.98 Å². The molecule has 0 aliphatic rings. The van der Waals surface area contributed by atoms with Gasteiger partial charge in [0.25, 0.3) is 0 Å². The van der Waals surface area contributed by atoms with Crippen LogP contribution in [-0.4, -0.2) is 0 Å². The molecule has 1 aromatic rings. The molecule has 0 amide bonds. The minimum absolute atomic E-state index is 1.09. The molecule has 0 unspecified atom stereocenters. The van der Waals surface area contributed by atoms with Gasteiger partial charge in [0.15, 0.2) is 0 Å². The molecule has 6 heavy (non-hydrogen) atoms. The molecule has 0 fully saturated rings. The van der Waals surface area contributed by atoms with Gasteiger partial charge in [0.1, 0.15) is 0 Å². The van der Waals surface area contributed by atoms with Gasteiger partial charge in [0.05, 0.1) is 0 Å². The van der Waals surface area contributed by atoms with Crippen LogP contribution in [0.3, 0.4) is 0 Å². The fourth-order valence-corrected chi connectivity index (χ4v) is 0.386. The summed E-state index contributed by atoms with van der Waals surface area (Å²) < 4.78 is 0. The Hall–Kier alpha value is -0.720. The van der Waals surface area contributed by atoms with Gasteiger partial charge >= 0.3 is 0 Å². The molecule has 1 nitrogen and oxygen atoms in total. The Bertz CT molecular complexity index is 107. The van der Waals surface area contributed by atoms with Gasteiger partial charge in [-0.1, -0.05) is 19.1 Å². The zero-order valence-corrected chi connectivity index (χ0v) is 3.68. The summed E-state index contributed by atoms with van der Waals surface area (Å²) in [6, 6.07) is 3.90. The normalized spacial score (nSPS) is 8.83. The van der Waals surface area contributed by atoms with Crippen molar-refractivity contribution < 1.29 is 0 Å². The van der Waals surface area contributed by atoms with E-state index in [-0.39, 0.29) is 0 Å². The van der Waals surface area contributed by atoms with Crippen LogP contribution in [0, 0.1) is 6.92 Å². The summed E-state index contributed by atoms with van der Waals surface area (Å²) in [6.07, 6.45) is 1.79. The maximum absolute atomic E-state index is 3.92. The molecule has 1 rings (SSSR count). The average Bonchev–Trinajstić information content (AvgIpc) is 1.86. The van der Waals surface area contributed by atoms with Gasteiger partial charge in [0, 0.05) is 0 Å². The third kappa shape index (κ3) is 0.432. The minimum atomic E-state index is 1.09. The Kier molecular flexibility index (Phi) is 0.675. The summed E-state index contributed by atoms with van der Waals surface area (Å²) in [7, 11) is 0. The standard InChI is InChI=1S/C5H6N/c1-5-3-2-4-6-5/h2-4H,1H3/q-1. The third-order valence-electron chi connectivity index (χ3n) is 0.702. The second kappa shape index (κ2) is 1.17. The van der Waals surface area contributed by atoms with E-state index in [4.69, 9.17) is 0 Å². The predicted molar refractivity (Wildman–Crippen MR) is 24.5 cm³/mol. The fraction of sp³-hybridized carbons (Fsp3) is 0.200. The molecule has 32 valence electrons. The smallest absolute Gasteiger partial charge is 0.0607 e. The molecular formula is C5H6N-. The summed E-state index contributed by atoms with van der Waals surface area (Å²) >= 11 is 0. The number of aromatic nitrogens is 1. The van der Waals surface area contributed by atoms with Crippen LogP contribution in [0.4, 0.5) is 0 Å². The van der Waals surface area contributed by atoms with E-state index in [0.29, 0.717) is 0 Å². The molecule has 0 aromatic carbocycles. The molecule has 0 spiro atoms. The van der Waals surface area contributed by atoms with E-state index in [9.17, 15) is 0 Å². The minimum Gasteiger partial charge on any atom is -0.668 e. The topological polar surface area (TPSA) is 14.1 Å². The van der Waals surface area contributed by atoms with E-state index in [1.165, 1.54) is 0 Å². The monoisotopic (exact) mass is 80.1 g/mol. The Balaban J connectivity index is 3.05. The lowest BCUT2D eigenvalue weighted by Crippen LogP contribution is -1.65. The first-order chi connectivity index (χ1) is 2.89. The average molecular weight is 80.1 g/mol. The quantitative estimate of drug-likeness (QED) is 0.452. The van der Waals surface area contributed by atoms with Crippen LogP contribution in [-0.2, 0) is 0 Å². The second-order valence-electron chi connectivity index (χ2n) is 1.28. The Morgan fingerprint density at radius 2 is 2.50 bits per heavy atom. The Morgan fingerprint density at radius 3 is 2.67 bits per heavy atom. The van der Waals surface area contributed by atoms with Crippen molar-refractivity contribution in [2.45, 2.75) is 6.92 Å². The van der Waals surface area contributed by atoms with Crippen LogP contribution in [0.5, 0.6) is 0 Å². The maximum Gasteiger partial charge on any atom is -0.0607 e. The van der Waals surface area contributed by atoms with Crippen molar-refractivity contribution in [3.05, 3.63) is 24.0 Å². The van der Waals surface area contributed by atoms with E-state index >= 15 is 0 Å². The van der Waals surface area contributed by atoms with Crippen LogP contribution >= 0.6 is 0 Å². The van der Waals surface area contributed by atoms with Gasteiger partial charge in [-0.2, -0.15) is 11.9 Å². The van der Waals surface area contributed by atoms with Gasteiger partial charge in [0.2, 0.25) is 0 Å². The highest BCUT2D eigenvalue weighted by molar-refractivity contribution is 4.99. The highest BCUT2D eigenvalue weighted by atomic mass is 14.7. The number of hydrogen-bond acceptors (Lipinski definition) is 0. The number of aryl methyl sites for hydroxylation is 1. The summed E-state index contributed by atoms with van der Waals surface area (Å²) in [5.41, 5.74) is 1.09. The lowest BCUT2D eigenvalue weighted by Gasteiger charge is -1.88. The molecule has 1 heterocycles. The Labute approximate surface area is 37.0 Å². The van der Waals surface area contributed by atoms with Gasteiger partial charge in [-0.15, -0.1) is 0 Å². The van der Waals surface area contributed by atoms with Crippen LogP contribution in [0.1, 0.15) is 5.69 Å². The third-order valence-corrected chi connectivity index (χ3v) is 0.702. The maximum atomic E-state index is 3.92. The lowest BCUT2D eigenvalue weighted by atomic mass is 10.5. The van der Waals surface area contributed by atoms with Crippen molar-refractivity contribution in [2.75, 3.05) is 0 Å². The number of rotatable bonds is 0. The summed E-state index contributed by atoms with van der Waals surface area (Å²) in [4.78, 5) is 3.92. The largest absolute Gasteiger partial charge is 0.668 e. The summed E-state index contributed by atoms with van der Waals surface area (Å²) in [6.45, 7) is 1.97. The molecular weight excluding hydrogens is 74.1 g/mol. The van der Waals surface area contributed by atoms with Gasteiger partial charge in [-0.05, 0) is 0 Å². The van der Waals surface area contributed by atoms with Gasteiger partial charge < -0.3 is 4.98 Å². The molecule has 0 saturated heterocycles. The molecule has 0 saturated carbocycles. The van der Waals surface area contributed by atoms with Crippen molar-refractivity contribution in [3.8, 4) is 0 Å². The summed E-state index contributed by atoms with van der Waals surface area (Å²) in [5, 5.41) is 0. The molecule has 0 bridgehead atoms. The SMILES string of the molecule is Cc1ccc[n-]1. The first-order valence-electron chi connectivity index (χ1n) is 1.94. The highest BCUT2D eigenvalue weighted by Gasteiger charge is 1.59. The van der Waals surface area contributed by atoms with Crippen LogP contribution < -0.4 is 4.98 Å². The zero-order chi connectivity index (χ0) is 4.41. The van der Waals surface area contributed by atoms with Crippen molar-refractivity contribution in [2.24, 2.45) is 0 Å². The molecule has 0 aliphatic heterocycles. The predicted octanol–water partition coefficient (Wildman–Crippen LogP) is 0.952. The molecule has 0 N–H and O–H groups in total. The van der Waals surface area contributed by atoms with Crippen LogP contribution in [0.2, 0.25) is 0 Å². The van der Waals surface area contributed by atoms with Crippen molar-refractivity contribution >= 4 is 0 Å².